The van der Waals surface area contributed by atoms with Gasteiger partial charge in [-0.3, -0.25) is 0 Å². The summed E-state index contributed by atoms with van der Waals surface area (Å²) in [6.45, 7) is 19.4. The largest absolute Gasteiger partial charge is 0.452 e. The quantitative estimate of drug-likeness (QED) is 0.423. The van der Waals surface area contributed by atoms with E-state index < -0.39 is 5.60 Å². The van der Waals surface area contributed by atoms with Crippen LogP contribution < -0.4 is 0 Å². The molecule has 1 rings (SSSR count). The van der Waals surface area contributed by atoms with Crippen LogP contribution in [-0.4, -0.2) is 10.9 Å². The molecule has 0 saturated heterocycles. The molecule has 24 heavy (non-hydrogen) atoms. The Labute approximate surface area is 152 Å². The summed E-state index contributed by atoms with van der Waals surface area (Å²) < 4.78 is 5.36. The van der Waals surface area contributed by atoms with Crippen LogP contribution >= 0.6 is 11.8 Å². The first-order valence-corrected chi connectivity index (χ1v) is 9.50. The van der Waals surface area contributed by atoms with E-state index in [2.05, 4.69) is 53.7 Å². The zero-order chi connectivity index (χ0) is 18.8. The molecule has 0 radical (unpaired) electrons. The van der Waals surface area contributed by atoms with Gasteiger partial charge in [0.1, 0.15) is 5.60 Å². The monoisotopic (exact) mass is 350 g/mol. The molecule has 0 aliphatic rings. The highest BCUT2D eigenvalue weighted by Gasteiger charge is 2.30. The number of benzene rings is 1. The number of carbonyl (C=O) groups excluding carboxylic acids is 1. The summed E-state index contributed by atoms with van der Waals surface area (Å²) in [7, 11) is 0. The summed E-state index contributed by atoms with van der Waals surface area (Å²) >= 11 is 1.15. The number of thioether (sulfide) groups is 1. The lowest BCUT2D eigenvalue weighted by Crippen LogP contribution is -2.23. The molecular weight excluding hydrogens is 316 g/mol. The minimum absolute atomic E-state index is 0.201. The Morgan fingerprint density at radius 1 is 0.958 bits per heavy atom. The van der Waals surface area contributed by atoms with Crippen molar-refractivity contribution in [2.45, 2.75) is 85.1 Å². The van der Waals surface area contributed by atoms with Crippen molar-refractivity contribution >= 4 is 17.1 Å². The van der Waals surface area contributed by atoms with Crippen LogP contribution in [0.3, 0.4) is 0 Å². The van der Waals surface area contributed by atoms with Gasteiger partial charge in [0.25, 0.3) is 0 Å². The van der Waals surface area contributed by atoms with Crippen LogP contribution in [0, 0.1) is 10.8 Å². The van der Waals surface area contributed by atoms with E-state index >= 15 is 0 Å². The van der Waals surface area contributed by atoms with Crippen molar-refractivity contribution in [1.29, 1.82) is 0 Å². The van der Waals surface area contributed by atoms with Crippen LogP contribution in [0.15, 0.2) is 29.2 Å². The molecule has 0 saturated carbocycles. The molecule has 0 N–H and O–H groups in total. The highest BCUT2D eigenvalue weighted by molar-refractivity contribution is 8.13. The second-order valence-electron chi connectivity index (χ2n) is 9.82. The smallest absolute Gasteiger partial charge is 0.372 e. The average Bonchev–Trinajstić information content (AvgIpc) is 2.32. The van der Waals surface area contributed by atoms with Crippen LogP contribution in [0.2, 0.25) is 0 Å². The second-order valence-corrected chi connectivity index (χ2v) is 10.8. The fourth-order valence-electron chi connectivity index (χ4n) is 2.67. The predicted molar refractivity (Wildman–Crippen MR) is 105 cm³/mol. The lowest BCUT2D eigenvalue weighted by atomic mass is 9.69. The van der Waals surface area contributed by atoms with Gasteiger partial charge in [-0.05, 0) is 73.4 Å². The van der Waals surface area contributed by atoms with Crippen LogP contribution in [0.4, 0.5) is 4.79 Å². The molecule has 2 nitrogen and oxygen atoms in total. The van der Waals surface area contributed by atoms with Gasteiger partial charge in [0.05, 0.1) is 0 Å². The van der Waals surface area contributed by atoms with E-state index in [9.17, 15) is 4.79 Å². The van der Waals surface area contributed by atoms with Gasteiger partial charge in [0.2, 0.25) is 0 Å². The van der Waals surface area contributed by atoms with Crippen LogP contribution in [0.5, 0.6) is 0 Å². The third-order valence-electron chi connectivity index (χ3n) is 3.74. The van der Waals surface area contributed by atoms with Crippen molar-refractivity contribution in [3.05, 3.63) is 29.8 Å². The molecule has 1 unspecified atom stereocenters. The summed E-state index contributed by atoms with van der Waals surface area (Å²) in [5, 5.41) is -0.252. The summed E-state index contributed by atoms with van der Waals surface area (Å²) in [5.74, 6) is 0.484. The summed E-state index contributed by atoms with van der Waals surface area (Å²) in [4.78, 5) is 12.9. The zero-order valence-electron chi connectivity index (χ0n) is 16.8. The maximum absolute atomic E-state index is 11.9. The van der Waals surface area contributed by atoms with E-state index in [0.717, 1.165) is 23.1 Å². The van der Waals surface area contributed by atoms with E-state index in [4.69, 9.17) is 4.74 Å². The number of ether oxygens (including phenoxy) is 1. The van der Waals surface area contributed by atoms with Crippen molar-refractivity contribution in [2.24, 2.45) is 10.8 Å². The van der Waals surface area contributed by atoms with Gasteiger partial charge in [0.15, 0.2) is 0 Å². The first-order chi connectivity index (χ1) is 10.7. The van der Waals surface area contributed by atoms with Gasteiger partial charge in [0, 0.05) is 4.90 Å². The standard InChI is InChI=1S/C21H34O2S/c1-19(2,3)14-17(20(4,5)6)15-10-12-16(13-11-15)24-18(22)23-21(7,8)9/h10-13,17H,14H2,1-9H3. The Kier molecular flexibility index (Phi) is 6.60. The molecule has 0 heterocycles. The summed E-state index contributed by atoms with van der Waals surface area (Å²) in [5.41, 5.74) is 1.37. The van der Waals surface area contributed by atoms with Crippen molar-refractivity contribution in [1.82, 2.24) is 0 Å². The molecule has 0 bridgehead atoms. The normalized spacial score (nSPS) is 14.4. The van der Waals surface area contributed by atoms with Gasteiger partial charge in [-0.25, -0.2) is 4.79 Å². The van der Waals surface area contributed by atoms with Gasteiger partial charge in [-0.15, -0.1) is 0 Å². The van der Waals surface area contributed by atoms with Crippen LogP contribution in [0.1, 0.15) is 80.2 Å². The van der Waals surface area contributed by atoms with E-state index in [1.54, 1.807) is 0 Å². The molecule has 0 aliphatic carbocycles. The molecule has 3 heteroatoms. The molecule has 0 aromatic heterocycles. The maximum Gasteiger partial charge on any atom is 0.372 e. The first-order valence-electron chi connectivity index (χ1n) is 8.68. The van der Waals surface area contributed by atoms with E-state index in [1.807, 2.05) is 32.9 Å². The minimum Gasteiger partial charge on any atom is -0.452 e. The lowest BCUT2D eigenvalue weighted by molar-refractivity contribution is 0.0738. The average molecular weight is 351 g/mol. The number of hydrogen-bond donors (Lipinski definition) is 0. The molecule has 1 atom stereocenters. The second kappa shape index (κ2) is 7.51. The van der Waals surface area contributed by atoms with Crippen LogP contribution in [-0.2, 0) is 4.74 Å². The van der Waals surface area contributed by atoms with Gasteiger partial charge in [-0.2, -0.15) is 0 Å². The molecular formula is C21H34O2S. The number of hydrogen-bond acceptors (Lipinski definition) is 3. The molecule has 136 valence electrons. The van der Waals surface area contributed by atoms with Gasteiger partial charge in [-0.1, -0.05) is 53.7 Å². The minimum atomic E-state index is -0.450. The van der Waals surface area contributed by atoms with Crippen molar-refractivity contribution in [3.8, 4) is 0 Å². The summed E-state index contributed by atoms with van der Waals surface area (Å²) in [6.07, 6.45) is 1.13. The number of rotatable bonds is 3. The maximum atomic E-state index is 11.9. The highest BCUT2D eigenvalue weighted by atomic mass is 32.2. The molecule has 0 spiro atoms. The Hall–Kier alpha value is -0.960. The fraction of sp³-hybridized carbons (Fsp3) is 0.667. The summed E-state index contributed by atoms with van der Waals surface area (Å²) in [6, 6.07) is 8.39. The Balaban J connectivity index is 2.89. The van der Waals surface area contributed by atoms with Gasteiger partial charge >= 0.3 is 5.30 Å². The van der Waals surface area contributed by atoms with Crippen molar-refractivity contribution in [2.75, 3.05) is 0 Å². The van der Waals surface area contributed by atoms with Crippen LogP contribution in [0.25, 0.3) is 0 Å². The molecule has 0 fully saturated rings. The fourth-order valence-corrected chi connectivity index (χ4v) is 3.43. The Morgan fingerprint density at radius 3 is 1.83 bits per heavy atom. The van der Waals surface area contributed by atoms with Crippen molar-refractivity contribution in [3.63, 3.8) is 0 Å². The topological polar surface area (TPSA) is 26.3 Å². The molecule has 0 amide bonds. The molecule has 1 aromatic rings. The Morgan fingerprint density at radius 2 is 1.46 bits per heavy atom. The molecule has 1 aromatic carbocycles. The van der Waals surface area contributed by atoms with Crippen molar-refractivity contribution < 1.29 is 9.53 Å². The third-order valence-corrected chi connectivity index (χ3v) is 4.49. The van der Waals surface area contributed by atoms with E-state index in [-0.39, 0.29) is 16.1 Å². The van der Waals surface area contributed by atoms with E-state index in [0.29, 0.717) is 5.92 Å². The third kappa shape index (κ3) is 7.74. The SMILES string of the molecule is CC(C)(C)CC(c1ccc(SC(=O)OC(C)(C)C)cc1)C(C)(C)C. The van der Waals surface area contributed by atoms with E-state index in [1.165, 1.54) is 5.56 Å². The highest BCUT2D eigenvalue weighted by Crippen LogP contribution is 2.43. The molecule has 0 aliphatic heterocycles. The lowest BCUT2D eigenvalue weighted by Gasteiger charge is -2.36. The zero-order valence-corrected chi connectivity index (χ0v) is 17.6. The van der Waals surface area contributed by atoms with Gasteiger partial charge < -0.3 is 4.74 Å². The predicted octanol–water partition coefficient (Wildman–Crippen LogP) is 7.28. The Bertz CT molecular complexity index is 539. The number of carbonyl (C=O) groups is 1. The first kappa shape index (κ1) is 21.1.